The smallest absolute Gasteiger partial charge is 0.152 e. The number of aromatic nitrogens is 1. The van der Waals surface area contributed by atoms with Gasteiger partial charge in [0.1, 0.15) is 0 Å². The van der Waals surface area contributed by atoms with E-state index in [2.05, 4.69) is 38.1 Å². The molecule has 0 saturated heterocycles. The minimum absolute atomic E-state index is 0.163. The SMILES string of the molecule is CCCCCCCCC(N)(CCCCCCCC)Sc1nc2ccccc2s1. The Morgan fingerprint density at radius 2 is 1.36 bits per heavy atom. The van der Waals surface area contributed by atoms with Crippen LogP contribution in [0.25, 0.3) is 10.2 Å². The largest absolute Gasteiger partial charge is 0.316 e. The molecule has 1 aromatic carbocycles. The number of fused-ring (bicyclic) bond motifs is 1. The maximum atomic E-state index is 6.96. The summed E-state index contributed by atoms with van der Waals surface area (Å²) in [6, 6.07) is 8.43. The van der Waals surface area contributed by atoms with Crippen molar-refractivity contribution in [1.29, 1.82) is 0 Å². The maximum absolute atomic E-state index is 6.96. The van der Waals surface area contributed by atoms with E-state index in [-0.39, 0.29) is 4.87 Å². The van der Waals surface area contributed by atoms with Crippen molar-refractivity contribution in [1.82, 2.24) is 4.98 Å². The van der Waals surface area contributed by atoms with Gasteiger partial charge in [-0.1, -0.05) is 115 Å². The fourth-order valence-electron chi connectivity index (χ4n) is 3.70. The molecule has 28 heavy (non-hydrogen) atoms. The summed E-state index contributed by atoms with van der Waals surface area (Å²) in [5, 5.41) is 0. The van der Waals surface area contributed by atoms with Gasteiger partial charge in [0.2, 0.25) is 0 Å². The van der Waals surface area contributed by atoms with Gasteiger partial charge in [0, 0.05) is 0 Å². The fourth-order valence-corrected chi connectivity index (χ4v) is 6.32. The van der Waals surface area contributed by atoms with Gasteiger partial charge < -0.3 is 5.73 Å². The van der Waals surface area contributed by atoms with E-state index >= 15 is 0 Å². The second-order valence-corrected chi connectivity index (χ2v) is 10.8. The topological polar surface area (TPSA) is 38.9 Å². The second kappa shape index (κ2) is 13.6. The molecule has 0 unspecified atom stereocenters. The van der Waals surface area contributed by atoms with Crippen LogP contribution >= 0.6 is 23.1 Å². The van der Waals surface area contributed by atoms with Crippen molar-refractivity contribution in [3.63, 3.8) is 0 Å². The predicted octanol–water partition coefficient (Wildman–Crippen LogP) is 8.54. The Morgan fingerprint density at radius 1 is 0.821 bits per heavy atom. The first-order chi connectivity index (χ1) is 13.7. The molecule has 0 aliphatic rings. The minimum atomic E-state index is -0.163. The number of nitrogens with two attached hydrogens (primary N) is 1. The Bertz CT molecular complexity index is 604. The summed E-state index contributed by atoms with van der Waals surface area (Å²) < 4.78 is 2.41. The molecule has 2 aromatic rings. The number of hydrogen-bond donors (Lipinski definition) is 1. The Kier molecular flexibility index (Phi) is 11.5. The average Bonchev–Trinajstić information content (AvgIpc) is 3.09. The highest BCUT2D eigenvalue weighted by Gasteiger charge is 2.27. The molecule has 0 saturated carbocycles. The number of thiazole rings is 1. The maximum Gasteiger partial charge on any atom is 0.152 e. The second-order valence-electron chi connectivity index (χ2n) is 8.15. The summed E-state index contributed by atoms with van der Waals surface area (Å²) in [6.07, 6.45) is 18.1. The molecule has 0 aliphatic heterocycles. The lowest BCUT2D eigenvalue weighted by Crippen LogP contribution is -2.35. The van der Waals surface area contributed by atoms with Crippen molar-refractivity contribution in [3.8, 4) is 0 Å². The molecule has 0 amide bonds. The molecule has 1 aromatic heterocycles. The molecule has 0 spiro atoms. The van der Waals surface area contributed by atoms with E-state index in [4.69, 9.17) is 10.7 Å². The van der Waals surface area contributed by atoms with E-state index in [1.807, 2.05) is 11.8 Å². The molecule has 1 heterocycles. The van der Waals surface area contributed by atoms with Crippen LogP contribution in [0.2, 0.25) is 0 Å². The lowest BCUT2D eigenvalue weighted by molar-refractivity contribution is 0.452. The van der Waals surface area contributed by atoms with Gasteiger partial charge in [-0.15, -0.1) is 11.3 Å². The van der Waals surface area contributed by atoms with Gasteiger partial charge in [0.25, 0.3) is 0 Å². The van der Waals surface area contributed by atoms with Gasteiger partial charge >= 0.3 is 0 Å². The summed E-state index contributed by atoms with van der Waals surface area (Å²) in [5.41, 5.74) is 8.07. The summed E-state index contributed by atoms with van der Waals surface area (Å²) >= 11 is 3.64. The van der Waals surface area contributed by atoms with Crippen LogP contribution in [-0.4, -0.2) is 9.85 Å². The summed E-state index contributed by atoms with van der Waals surface area (Å²) in [6.45, 7) is 4.56. The summed E-state index contributed by atoms with van der Waals surface area (Å²) in [7, 11) is 0. The number of nitrogens with zero attached hydrogens (tertiary/aromatic N) is 1. The monoisotopic (exact) mass is 420 g/mol. The highest BCUT2D eigenvalue weighted by atomic mass is 32.2. The zero-order valence-electron chi connectivity index (χ0n) is 18.0. The van der Waals surface area contributed by atoms with Gasteiger partial charge in [-0.25, -0.2) is 4.98 Å². The molecule has 158 valence electrons. The zero-order valence-corrected chi connectivity index (χ0v) is 19.7. The van der Waals surface area contributed by atoms with Crippen LogP contribution in [-0.2, 0) is 0 Å². The molecule has 2 N–H and O–H groups in total. The minimum Gasteiger partial charge on any atom is -0.316 e. The number of thioether (sulfide) groups is 1. The van der Waals surface area contributed by atoms with Crippen molar-refractivity contribution in [2.24, 2.45) is 5.73 Å². The van der Waals surface area contributed by atoms with Crippen molar-refractivity contribution < 1.29 is 0 Å². The molecule has 0 aliphatic carbocycles. The normalized spacial score (nSPS) is 12.1. The number of hydrogen-bond acceptors (Lipinski definition) is 4. The molecule has 0 fully saturated rings. The Balaban J connectivity index is 1.88. The van der Waals surface area contributed by atoms with Gasteiger partial charge in [-0.05, 0) is 25.0 Å². The first-order valence-corrected chi connectivity index (χ1v) is 13.1. The van der Waals surface area contributed by atoms with Crippen LogP contribution in [0.3, 0.4) is 0 Å². The lowest BCUT2D eigenvalue weighted by atomic mass is 10.00. The molecular weight excluding hydrogens is 380 g/mol. The third-order valence-electron chi connectivity index (χ3n) is 5.47. The Morgan fingerprint density at radius 3 is 1.93 bits per heavy atom. The van der Waals surface area contributed by atoms with E-state index in [1.165, 1.54) is 81.7 Å². The van der Waals surface area contributed by atoms with Gasteiger partial charge in [-0.3, -0.25) is 0 Å². The molecule has 0 atom stereocenters. The number of benzene rings is 1. The lowest BCUT2D eigenvalue weighted by Gasteiger charge is -2.28. The average molecular weight is 421 g/mol. The molecule has 2 rings (SSSR count). The third kappa shape index (κ3) is 8.84. The first kappa shape index (κ1) is 23.7. The highest BCUT2D eigenvalue weighted by molar-refractivity contribution is 8.02. The van der Waals surface area contributed by atoms with Gasteiger partial charge in [-0.2, -0.15) is 0 Å². The summed E-state index contributed by atoms with van der Waals surface area (Å²) in [5.74, 6) is 0. The molecular formula is C24H40N2S2. The van der Waals surface area contributed by atoms with E-state index in [0.29, 0.717) is 0 Å². The Hall–Kier alpha value is -0.580. The standard InChI is InChI=1S/C24H40N2S2/c1-3-5-7-9-11-15-19-24(25,20-16-12-10-8-6-4-2)28-23-26-21-17-13-14-18-22(21)27-23/h13-14,17-18H,3-12,15-16,19-20,25H2,1-2H3. The van der Waals surface area contributed by atoms with Crippen molar-refractivity contribution in [3.05, 3.63) is 24.3 Å². The fraction of sp³-hybridized carbons (Fsp3) is 0.708. The third-order valence-corrected chi connectivity index (χ3v) is 7.88. The van der Waals surface area contributed by atoms with Crippen molar-refractivity contribution in [2.45, 2.75) is 113 Å². The first-order valence-electron chi connectivity index (χ1n) is 11.5. The predicted molar refractivity (Wildman–Crippen MR) is 128 cm³/mol. The number of para-hydroxylation sites is 1. The van der Waals surface area contributed by atoms with E-state index in [9.17, 15) is 0 Å². The van der Waals surface area contributed by atoms with Crippen LogP contribution in [0.5, 0.6) is 0 Å². The van der Waals surface area contributed by atoms with E-state index < -0.39 is 0 Å². The molecule has 0 radical (unpaired) electrons. The van der Waals surface area contributed by atoms with Crippen molar-refractivity contribution in [2.75, 3.05) is 0 Å². The van der Waals surface area contributed by atoms with Crippen LogP contribution in [0.1, 0.15) is 104 Å². The zero-order chi connectivity index (χ0) is 20.1. The number of rotatable bonds is 16. The van der Waals surface area contributed by atoms with Crippen LogP contribution in [0, 0.1) is 0 Å². The molecule has 4 heteroatoms. The Labute approximate surface area is 181 Å². The number of unbranched alkanes of at least 4 members (excludes halogenated alkanes) is 10. The van der Waals surface area contributed by atoms with Gasteiger partial charge in [0.05, 0.1) is 15.1 Å². The molecule has 0 bridgehead atoms. The van der Waals surface area contributed by atoms with Crippen LogP contribution in [0.15, 0.2) is 28.6 Å². The summed E-state index contributed by atoms with van der Waals surface area (Å²) in [4.78, 5) is 4.67. The van der Waals surface area contributed by atoms with Crippen LogP contribution in [0.4, 0.5) is 0 Å². The van der Waals surface area contributed by atoms with E-state index in [0.717, 1.165) is 22.7 Å². The van der Waals surface area contributed by atoms with Crippen molar-refractivity contribution >= 4 is 33.3 Å². The highest BCUT2D eigenvalue weighted by Crippen LogP contribution is 2.40. The van der Waals surface area contributed by atoms with E-state index in [1.54, 1.807) is 11.3 Å². The quantitative estimate of drug-likeness (QED) is 0.168. The molecule has 2 nitrogen and oxygen atoms in total. The van der Waals surface area contributed by atoms with Crippen LogP contribution < -0.4 is 5.73 Å². The van der Waals surface area contributed by atoms with Gasteiger partial charge in [0.15, 0.2) is 4.34 Å².